The Hall–Kier alpha value is -2.99. The summed E-state index contributed by atoms with van der Waals surface area (Å²) in [5.41, 5.74) is 3.06. The number of hydrogen-bond acceptors (Lipinski definition) is 4. The summed E-state index contributed by atoms with van der Waals surface area (Å²) in [4.78, 5) is 17.5. The lowest BCUT2D eigenvalue weighted by molar-refractivity contribution is 0.0682. The highest BCUT2D eigenvalue weighted by Gasteiger charge is 2.30. The van der Waals surface area contributed by atoms with Gasteiger partial charge in [0.2, 0.25) is 0 Å². The third kappa shape index (κ3) is 3.63. The van der Waals surface area contributed by atoms with Gasteiger partial charge in [-0.05, 0) is 50.6 Å². The highest BCUT2D eigenvalue weighted by atomic mass is 16.2. The average molecular weight is 402 g/mol. The van der Waals surface area contributed by atoms with E-state index in [2.05, 4.69) is 38.7 Å². The molecule has 1 aromatic heterocycles. The predicted molar refractivity (Wildman–Crippen MR) is 116 cm³/mol. The summed E-state index contributed by atoms with van der Waals surface area (Å²) in [5.74, 6) is 1.77. The van der Waals surface area contributed by atoms with E-state index in [-0.39, 0.29) is 11.9 Å². The topological polar surface area (TPSA) is 54.3 Å². The zero-order chi connectivity index (χ0) is 20.5. The van der Waals surface area contributed by atoms with Crippen molar-refractivity contribution in [1.82, 2.24) is 24.6 Å². The number of amides is 1. The molecule has 2 aliphatic rings. The molecule has 6 nitrogen and oxygen atoms in total. The van der Waals surface area contributed by atoms with E-state index in [9.17, 15) is 4.79 Å². The smallest absolute Gasteiger partial charge is 0.254 e. The maximum Gasteiger partial charge on any atom is 0.254 e. The van der Waals surface area contributed by atoms with E-state index in [1.54, 1.807) is 0 Å². The summed E-state index contributed by atoms with van der Waals surface area (Å²) in [6.45, 7) is 6.59. The van der Waals surface area contributed by atoms with Crippen molar-refractivity contribution in [3.05, 3.63) is 71.5 Å². The number of aromatic nitrogens is 3. The highest BCUT2D eigenvalue weighted by molar-refractivity contribution is 5.94. The Labute approximate surface area is 177 Å². The van der Waals surface area contributed by atoms with E-state index in [0.717, 1.165) is 29.3 Å². The zero-order valence-electron chi connectivity index (χ0n) is 17.4. The molecule has 154 valence electrons. The van der Waals surface area contributed by atoms with Gasteiger partial charge in [-0.15, -0.1) is 10.2 Å². The van der Waals surface area contributed by atoms with Gasteiger partial charge < -0.3 is 9.47 Å². The molecule has 0 radical (unpaired) electrons. The lowest BCUT2D eigenvalue weighted by Gasteiger charge is -2.32. The SMILES string of the molecule is C[C@H]1CN(C(=O)c2ccc(CN3CCCC3)cc2)Cc2nnc(-c3ccccc3)n21. The van der Waals surface area contributed by atoms with Crippen LogP contribution in [-0.2, 0) is 13.1 Å². The molecule has 0 unspecified atom stereocenters. The Morgan fingerprint density at radius 1 is 1.00 bits per heavy atom. The molecule has 2 aliphatic heterocycles. The van der Waals surface area contributed by atoms with Crippen LogP contribution >= 0.6 is 0 Å². The third-order valence-corrected chi connectivity index (χ3v) is 6.15. The number of carbonyl (C=O) groups excluding carboxylic acids is 1. The van der Waals surface area contributed by atoms with Crippen LogP contribution in [0, 0.1) is 0 Å². The molecule has 0 bridgehead atoms. The van der Waals surface area contributed by atoms with Gasteiger partial charge in [-0.1, -0.05) is 42.5 Å². The van der Waals surface area contributed by atoms with Crippen LogP contribution < -0.4 is 0 Å². The zero-order valence-corrected chi connectivity index (χ0v) is 17.4. The van der Waals surface area contributed by atoms with Gasteiger partial charge in [0.15, 0.2) is 11.6 Å². The highest BCUT2D eigenvalue weighted by Crippen LogP contribution is 2.28. The molecule has 6 heteroatoms. The predicted octanol–water partition coefficient (Wildman–Crippen LogP) is 3.76. The lowest BCUT2D eigenvalue weighted by Crippen LogP contribution is -2.40. The first-order chi connectivity index (χ1) is 14.7. The molecule has 0 saturated carbocycles. The van der Waals surface area contributed by atoms with Crippen LogP contribution in [0.3, 0.4) is 0 Å². The van der Waals surface area contributed by atoms with Gasteiger partial charge in [-0.2, -0.15) is 0 Å². The van der Waals surface area contributed by atoms with E-state index >= 15 is 0 Å². The maximum atomic E-state index is 13.1. The third-order valence-electron chi connectivity index (χ3n) is 6.15. The van der Waals surface area contributed by atoms with E-state index in [4.69, 9.17) is 0 Å². The standard InChI is InChI=1S/C24H27N5O/c1-18-15-28(17-22-25-26-23(29(18)22)20-7-3-2-4-8-20)24(30)21-11-9-19(10-12-21)16-27-13-5-6-14-27/h2-4,7-12,18H,5-6,13-17H2,1H3/t18-/m0/s1. The van der Waals surface area contributed by atoms with Gasteiger partial charge in [-0.3, -0.25) is 9.69 Å². The molecule has 3 heterocycles. The molecule has 0 N–H and O–H groups in total. The van der Waals surface area contributed by atoms with E-state index < -0.39 is 0 Å². The monoisotopic (exact) mass is 401 g/mol. The summed E-state index contributed by atoms with van der Waals surface area (Å²) in [5, 5.41) is 8.81. The van der Waals surface area contributed by atoms with Crippen LogP contribution in [-0.4, -0.2) is 50.1 Å². The summed E-state index contributed by atoms with van der Waals surface area (Å²) in [6.07, 6.45) is 2.58. The van der Waals surface area contributed by atoms with Crippen LogP contribution in [0.1, 0.15) is 47.6 Å². The fourth-order valence-electron chi connectivity index (χ4n) is 4.60. The number of fused-ring (bicyclic) bond motifs is 1. The Bertz CT molecular complexity index is 1020. The molecule has 0 spiro atoms. The molecule has 30 heavy (non-hydrogen) atoms. The van der Waals surface area contributed by atoms with Crippen LogP contribution in [0.25, 0.3) is 11.4 Å². The van der Waals surface area contributed by atoms with E-state index in [0.29, 0.717) is 13.1 Å². The largest absolute Gasteiger partial charge is 0.329 e. The van der Waals surface area contributed by atoms with Crippen LogP contribution in [0.15, 0.2) is 54.6 Å². The van der Waals surface area contributed by atoms with Gasteiger partial charge in [0.1, 0.15) is 0 Å². The number of rotatable bonds is 4. The number of benzene rings is 2. The fourth-order valence-corrected chi connectivity index (χ4v) is 4.60. The number of carbonyl (C=O) groups is 1. The van der Waals surface area contributed by atoms with Crippen molar-refractivity contribution in [1.29, 1.82) is 0 Å². The van der Waals surface area contributed by atoms with Crippen molar-refractivity contribution >= 4 is 5.91 Å². The van der Waals surface area contributed by atoms with Crippen molar-refractivity contribution in [3.8, 4) is 11.4 Å². The summed E-state index contributed by atoms with van der Waals surface area (Å²) in [6, 6.07) is 18.3. The molecule has 5 rings (SSSR count). The Kier molecular flexibility index (Phi) is 5.09. The molecular formula is C24H27N5O. The second kappa shape index (κ2) is 8.03. The van der Waals surface area contributed by atoms with Gasteiger partial charge in [0.05, 0.1) is 12.6 Å². The Morgan fingerprint density at radius 3 is 2.47 bits per heavy atom. The average Bonchev–Trinajstić information content (AvgIpc) is 3.44. The lowest BCUT2D eigenvalue weighted by atomic mass is 10.1. The second-order valence-corrected chi connectivity index (χ2v) is 8.39. The van der Waals surface area contributed by atoms with Crippen molar-refractivity contribution in [2.24, 2.45) is 0 Å². The van der Waals surface area contributed by atoms with Crippen molar-refractivity contribution in [2.75, 3.05) is 19.6 Å². The van der Waals surface area contributed by atoms with Gasteiger partial charge in [0, 0.05) is 24.2 Å². The molecule has 0 aliphatic carbocycles. The first-order valence-corrected chi connectivity index (χ1v) is 10.8. The summed E-state index contributed by atoms with van der Waals surface area (Å²) in [7, 11) is 0. The molecular weight excluding hydrogens is 374 g/mol. The minimum atomic E-state index is 0.0603. The summed E-state index contributed by atoms with van der Waals surface area (Å²) < 4.78 is 2.16. The number of nitrogens with zero attached hydrogens (tertiary/aromatic N) is 5. The molecule has 1 fully saturated rings. The fraction of sp³-hybridized carbons (Fsp3) is 0.375. The van der Waals surface area contributed by atoms with Crippen molar-refractivity contribution in [3.63, 3.8) is 0 Å². The van der Waals surface area contributed by atoms with Gasteiger partial charge >= 0.3 is 0 Å². The summed E-state index contributed by atoms with van der Waals surface area (Å²) >= 11 is 0. The first kappa shape index (κ1) is 19.0. The van der Waals surface area contributed by atoms with Crippen molar-refractivity contribution in [2.45, 2.75) is 38.9 Å². The first-order valence-electron chi connectivity index (χ1n) is 10.8. The maximum absolute atomic E-state index is 13.1. The van der Waals surface area contributed by atoms with Crippen LogP contribution in [0.2, 0.25) is 0 Å². The minimum Gasteiger partial charge on any atom is -0.329 e. The quantitative estimate of drug-likeness (QED) is 0.668. The molecule has 1 saturated heterocycles. The molecule has 2 aromatic carbocycles. The van der Waals surface area contributed by atoms with Crippen LogP contribution in [0.5, 0.6) is 0 Å². The molecule has 1 atom stereocenters. The van der Waals surface area contributed by atoms with Gasteiger partial charge in [0.25, 0.3) is 5.91 Å². The second-order valence-electron chi connectivity index (χ2n) is 8.39. The molecule has 3 aromatic rings. The Morgan fingerprint density at radius 2 is 1.73 bits per heavy atom. The van der Waals surface area contributed by atoms with Gasteiger partial charge in [-0.25, -0.2) is 0 Å². The van der Waals surface area contributed by atoms with Crippen LogP contribution in [0.4, 0.5) is 0 Å². The van der Waals surface area contributed by atoms with E-state index in [1.165, 1.54) is 31.5 Å². The molecule has 1 amide bonds. The Balaban J connectivity index is 1.31. The normalized spacial score (nSPS) is 19.1. The minimum absolute atomic E-state index is 0.0603. The van der Waals surface area contributed by atoms with E-state index in [1.807, 2.05) is 47.4 Å². The number of likely N-dealkylation sites (tertiary alicyclic amines) is 1. The number of hydrogen-bond donors (Lipinski definition) is 0. The van der Waals surface area contributed by atoms with Crippen molar-refractivity contribution < 1.29 is 4.79 Å².